The van der Waals surface area contributed by atoms with E-state index >= 15 is 0 Å². The number of benzene rings is 1. The van der Waals surface area contributed by atoms with Gasteiger partial charge in [0.15, 0.2) is 0 Å². The molecule has 0 amide bonds. The zero-order valence-corrected chi connectivity index (χ0v) is 12.6. The lowest BCUT2D eigenvalue weighted by atomic mass is 9.85. The van der Waals surface area contributed by atoms with Gasteiger partial charge in [0.2, 0.25) is 0 Å². The van der Waals surface area contributed by atoms with Crippen LogP contribution in [0.1, 0.15) is 36.9 Å². The van der Waals surface area contributed by atoms with Gasteiger partial charge in [-0.3, -0.25) is 0 Å². The lowest BCUT2D eigenvalue weighted by Crippen LogP contribution is -2.38. The first-order valence-electron chi connectivity index (χ1n) is 7.45. The van der Waals surface area contributed by atoms with E-state index in [1.54, 1.807) is 7.11 Å². The number of nitrogens with one attached hydrogen (secondary N) is 1. The van der Waals surface area contributed by atoms with E-state index in [-0.39, 0.29) is 12.1 Å². The average molecular weight is 299 g/mol. The molecule has 0 spiro atoms. The van der Waals surface area contributed by atoms with Gasteiger partial charge in [-0.1, -0.05) is 13.0 Å². The first-order valence-corrected chi connectivity index (χ1v) is 7.45. The van der Waals surface area contributed by atoms with Gasteiger partial charge in [0.05, 0.1) is 19.3 Å². The van der Waals surface area contributed by atoms with Crippen LogP contribution in [0.5, 0.6) is 5.75 Å². The van der Waals surface area contributed by atoms with Crippen LogP contribution in [0, 0.1) is 0 Å². The average Bonchev–Trinajstić information content (AvgIpc) is 2.50. The summed E-state index contributed by atoms with van der Waals surface area (Å²) in [5.74, 6) is 0.784. The Kier molecular flexibility index (Phi) is 5.94. The number of ether oxygens (including phenoxy) is 2. The number of rotatable bonds is 7. The Morgan fingerprint density at radius 3 is 2.86 bits per heavy atom. The smallest absolute Gasteiger partial charge is 0.261 e. The molecule has 0 radical (unpaired) electrons. The van der Waals surface area contributed by atoms with Gasteiger partial charge in [0.25, 0.3) is 6.43 Å². The molecule has 1 N–H and O–H groups in total. The molecule has 118 valence electrons. The van der Waals surface area contributed by atoms with Gasteiger partial charge in [-0.2, -0.15) is 0 Å². The summed E-state index contributed by atoms with van der Waals surface area (Å²) in [4.78, 5) is 0. The van der Waals surface area contributed by atoms with Gasteiger partial charge < -0.3 is 14.8 Å². The zero-order chi connectivity index (χ0) is 15.2. The highest BCUT2D eigenvalue weighted by molar-refractivity contribution is 5.40. The maximum atomic E-state index is 12.4. The summed E-state index contributed by atoms with van der Waals surface area (Å²) in [6, 6.07) is 5.93. The second kappa shape index (κ2) is 7.71. The van der Waals surface area contributed by atoms with Crippen LogP contribution >= 0.6 is 0 Å². The van der Waals surface area contributed by atoms with Gasteiger partial charge in [0.1, 0.15) is 12.4 Å². The monoisotopic (exact) mass is 299 g/mol. The fraction of sp³-hybridized carbons (Fsp3) is 0.625. The topological polar surface area (TPSA) is 30.5 Å². The molecule has 1 aromatic carbocycles. The molecule has 5 heteroatoms. The van der Waals surface area contributed by atoms with E-state index in [2.05, 4.69) is 18.3 Å². The van der Waals surface area contributed by atoms with E-state index in [0.29, 0.717) is 0 Å². The highest BCUT2D eigenvalue weighted by Crippen LogP contribution is 2.34. The zero-order valence-electron chi connectivity index (χ0n) is 12.6. The van der Waals surface area contributed by atoms with Gasteiger partial charge >= 0.3 is 0 Å². The van der Waals surface area contributed by atoms with E-state index in [1.807, 2.05) is 12.1 Å². The summed E-state index contributed by atoms with van der Waals surface area (Å²) in [7, 11) is 1.63. The van der Waals surface area contributed by atoms with Crippen LogP contribution in [0.3, 0.4) is 0 Å². The number of methoxy groups -OCH3 is 1. The van der Waals surface area contributed by atoms with Crippen LogP contribution < -0.4 is 10.1 Å². The van der Waals surface area contributed by atoms with Crippen molar-refractivity contribution < 1.29 is 18.3 Å². The third-order valence-electron chi connectivity index (χ3n) is 3.81. The molecule has 2 unspecified atom stereocenters. The van der Waals surface area contributed by atoms with Crippen molar-refractivity contribution in [3.05, 3.63) is 29.3 Å². The second-order valence-corrected chi connectivity index (χ2v) is 5.30. The third kappa shape index (κ3) is 4.14. The summed E-state index contributed by atoms with van der Waals surface area (Å²) < 4.78 is 35.5. The molecule has 0 aromatic heterocycles. The summed E-state index contributed by atoms with van der Waals surface area (Å²) in [5.41, 5.74) is 2.34. The molecule has 0 heterocycles. The Labute approximate surface area is 124 Å². The van der Waals surface area contributed by atoms with E-state index in [0.717, 1.165) is 37.1 Å². The fourth-order valence-electron chi connectivity index (χ4n) is 2.80. The van der Waals surface area contributed by atoms with Gasteiger partial charge in [-0.05, 0) is 49.1 Å². The Hall–Kier alpha value is -1.20. The quantitative estimate of drug-likeness (QED) is 0.837. The summed E-state index contributed by atoms with van der Waals surface area (Å²) in [6.07, 6.45) is -0.0591. The molecular weight excluding hydrogens is 276 g/mol. The normalized spacial score (nSPS) is 21.4. The minimum atomic E-state index is -2.43. The van der Waals surface area contributed by atoms with Gasteiger partial charge in [0, 0.05) is 0 Å². The molecule has 21 heavy (non-hydrogen) atoms. The molecule has 0 saturated heterocycles. The Balaban J connectivity index is 2.20. The van der Waals surface area contributed by atoms with Crippen molar-refractivity contribution in [2.45, 2.75) is 44.8 Å². The minimum absolute atomic E-state index is 0.0532. The van der Waals surface area contributed by atoms with E-state index in [4.69, 9.17) is 9.47 Å². The van der Waals surface area contributed by atoms with Crippen molar-refractivity contribution in [2.24, 2.45) is 0 Å². The molecule has 1 aromatic rings. The highest BCUT2D eigenvalue weighted by Gasteiger charge is 2.30. The van der Waals surface area contributed by atoms with Crippen LogP contribution in [0.25, 0.3) is 0 Å². The molecular formula is C16H23F2NO2. The number of halogens is 2. The summed E-state index contributed by atoms with van der Waals surface area (Å²) in [5, 5.41) is 3.43. The molecule has 1 aliphatic carbocycles. The minimum Gasteiger partial charge on any atom is -0.497 e. The predicted molar refractivity (Wildman–Crippen MR) is 78.1 cm³/mol. The van der Waals surface area contributed by atoms with E-state index in [9.17, 15) is 8.78 Å². The molecule has 0 saturated carbocycles. The number of hydrogen-bond acceptors (Lipinski definition) is 3. The first-order chi connectivity index (χ1) is 10.2. The van der Waals surface area contributed by atoms with Gasteiger partial charge in [-0.15, -0.1) is 0 Å². The molecule has 2 atom stereocenters. The predicted octanol–water partition coefficient (Wildman–Crippen LogP) is 3.33. The third-order valence-corrected chi connectivity index (χ3v) is 3.81. The summed E-state index contributed by atoms with van der Waals surface area (Å²) >= 11 is 0. The van der Waals surface area contributed by atoms with Crippen molar-refractivity contribution in [3.63, 3.8) is 0 Å². The maximum Gasteiger partial charge on any atom is 0.261 e. The Morgan fingerprint density at radius 2 is 2.19 bits per heavy atom. The van der Waals surface area contributed by atoms with Crippen LogP contribution in [-0.4, -0.2) is 32.8 Å². The standard InChI is InChI=1S/C16H23F2NO2/c1-3-8-19-16-13-9-12(20-2)6-4-11(13)5-7-14(16)21-10-15(17)18/h4,6,9,14-16,19H,3,5,7-8,10H2,1-2H3. The Morgan fingerprint density at radius 1 is 1.38 bits per heavy atom. The van der Waals surface area contributed by atoms with Crippen molar-refractivity contribution in [2.75, 3.05) is 20.3 Å². The molecule has 3 nitrogen and oxygen atoms in total. The van der Waals surface area contributed by atoms with Gasteiger partial charge in [-0.25, -0.2) is 8.78 Å². The lowest BCUT2D eigenvalue weighted by Gasteiger charge is -2.34. The van der Waals surface area contributed by atoms with Crippen molar-refractivity contribution >= 4 is 0 Å². The summed E-state index contributed by atoms with van der Waals surface area (Å²) in [6.45, 7) is 2.40. The van der Waals surface area contributed by atoms with Crippen LogP contribution in [0.2, 0.25) is 0 Å². The van der Waals surface area contributed by atoms with Crippen LogP contribution in [-0.2, 0) is 11.2 Å². The molecule has 2 rings (SSSR count). The van der Waals surface area contributed by atoms with E-state index in [1.165, 1.54) is 5.56 Å². The Bertz CT molecular complexity index is 454. The van der Waals surface area contributed by atoms with Crippen LogP contribution in [0.15, 0.2) is 18.2 Å². The van der Waals surface area contributed by atoms with Crippen LogP contribution in [0.4, 0.5) is 8.78 Å². The van der Waals surface area contributed by atoms with E-state index < -0.39 is 13.0 Å². The molecule has 0 bridgehead atoms. The van der Waals surface area contributed by atoms with Crippen molar-refractivity contribution in [3.8, 4) is 5.75 Å². The SMILES string of the molecule is CCCNC1c2cc(OC)ccc2CCC1OCC(F)F. The number of alkyl halides is 2. The molecule has 0 aliphatic heterocycles. The number of aryl methyl sites for hydroxylation is 1. The number of fused-ring (bicyclic) bond motifs is 1. The second-order valence-electron chi connectivity index (χ2n) is 5.30. The molecule has 0 fully saturated rings. The molecule has 1 aliphatic rings. The maximum absolute atomic E-state index is 12.4. The number of hydrogen-bond donors (Lipinski definition) is 1. The highest BCUT2D eigenvalue weighted by atomic mass is 19.3. The van der Waals surface area contributed by atoms with Crippen molar-refractivity contribution in [1.29, 1.82) is 0 Å². The fourth-order valence-corrected chi connectivity index (χ4v) is 2.80. The largest absolute Gasteiger partial charge is 0.497 e. The lowest BCUT2D eigenvalue weighted by molar-refractivity contribution is -0.0441. The van der Waals surface area contributed by atoms with Crippen molar-refractivity contribution in [1.82, 2.24) is 5.32 Å². The first kappa shape index (κ1) is 16.2.